The zero-order valence-electron chi connectivity index (χ0n) is 13.8. The second-order valence-electron chi connectivity index (χ2n) is 6.06. The van der Waals surface area contributed by atoms with Crippen LogP contribution < -0.4 is 10.0 Å². The molecular formula is C16H28N2O2S. The highest BCUT2D eigenvalue weighted by atomic mass is 32.2. The number of hydrogen-bond donors (Lipinski definition) is 2. The van der Waals surface area contributed by atoms with E-state index in [0.29, 0.717) is 11.4 Å². The molecule has 0 saturated heterocycles. The Labute approximate surface area is 129 Å². The van der Waals surface area contributed by atoms with Crippen molar-refractivity contribution < 1.29 is 8.42 Å². The maximum atomic E-state index is 12.6. The molecule has 0 unspecified atom stereocenters. The summed E-state index contributed by atoms with van der Waals surface area (Å²) >= 11 is 0. The minimum atomic E-state index is -3.50. The summed E-state index contributed by atoms with van der Waals surface area (Å²) in [6.45, 7) is 11.3. The van der Waals surface area contributed by atoms with Crippen LogP contribution in [0.15, 0.2) is 23.1 Å². The molecule has 0 amide bonds. The first kappa shape index (κ1) is 18.1. The summed E-state index contributed by atoms with van der Waals surface area (Å²) in [4.78, 5) is 0.377. The number of benzene rings is 1. The highest BCUT2D eigenvalue weighted by Crippen LogP contribution is 2.22. The van der Waals surface area contributed by atoms with E-state index in [4.69, 9.17) is 0 Å². The Kier molecular flexibility index (Phi) is 6.38. The summed E-state index contributed by atoms with van der Waals surface area (Å²) < 4.78 is 28.1. The quantitative estimate of drug-likeness (QED) is 0.776. The van der Waals surface area contributed by atoms with Gasteiger partial charge in [0.2, 0.25) is 10.0 Å². The van der Waals surface area contributed by atoms with E-state index in [1.807, 2.05) is 33.8 Å². The molecule has 0 aromatic heterocycles. The molecule has 0 saturated carbocycles. The molecule has 0 fully saturated rings. The van der Waals surface area contributed by atoms with Gasteiger partial charge in [-0.1, -0.05) is 32.4 Å². The lowest BCUT2D eigenvalue weighted by Gasteiger charge is -2.26. The Hall–Kier alpha value is -0.910. The summed E-state index contributed by atoms with van der Waals surface area (Å²) in [7, 11) is -3.50. The zero-order valence-corrected chi connectivity index (χ0v) is 14.6. The van der Waals surface area contributed by atoms with E-state index in [0.717, 1.165) is 30.5 Å². The molecular weight excluding hydrogens is 284 g/mol. The maximum absolute atomic E-state index is 12.6. The summed E-state index contributed by atoms with van der Waals surface area (Å²) in [6, 6.07) is 5.45. The molecule has 120 valence electrons. The van der Waals surface area contributed by atoms with Crippen molar-refractivity contribution in [1.29, 1.82) is 0 Å². The molecule has 1 aromatic rings. The van der Waals surface area contributed by atoms with Crippen LogP contribution >= 0.6 is 0 Å². The van der Waals surface area contributed by atoms with Gasteiger partial charge >= 0.3 is 0 Å². The SMILES string of the molecule is CCCC(C)(C)NS(=O)(=O)c1cccc(CNCC)c1C. The Balaban J connectivity index is 3.09. The van der Waals surface area contributed by atoms with Gasteiger partial charge in [-0.15, -0.1) is 0 Å². The van der Waals surface area contributed by atoms with Crippen molar-refractivity contribution in [2.24, 2.45) is 0 Å². The second kappa shape index (κ2) is 7.38. The normalized spacial score (nSPS) is 12.6. The summed E-state index contributed by atoms with van der Waals surface area (Å²) in [5, 5.41) is 3.24. The van der Waals surface area contributed by atoms with E-state index in [1.54, 1.807) is 12.1 Å². The standard InChI is InChI=1S/C16H28N2O2S/c1-6-11-16(4,5)18-21(19,20)15-10-8-9-14(13(15)3)12-17-7-2/h8-10,17-18H,6-7,11-12H2,1-5H3. The first-order valence-electron chi connectivity index (χ1n) is 7.56. The van der Waals surface area contributed by atoms with Gasteiger partial charge in [0.05, 0.1) is 4.90 Å². The molecule has 1 rings (SSSR count). The Bertz CT molecular complexity index is 566. The van der Waals surface area contributed by atoms with Gasteiger partial charge in [-0.2, -0.15) is 0 Å². The molecule has 0 spiro atoms. The van der Waals surface area contributed by atoms with Crippen molar-refractivity contribution in [3.8, 4) is 0 Å². The number of sulfonamides is 1. The molecule has 4 nitrogen and oxygen atoms in total. The molecule has 5 heteroatoms. The lowest BCUT2D eigenvalue weighted by molar-refractivity contribution is 0.417. The minimum absolute atomic E-state index is 0.377. The number of nitrogens with one attached hydrogen (secondary N) is 2. The fraction of sp³-hybridized carbons (Fsp3) is 0.625. The van der Waals surface area contributed by atoms with Gasteiger partial charge in [-0.3, -0.25) is 0 Å². The summed E-state index contributed by atoms with van der Waals surface area (Å²) in [5.74, 6) is 0. The van der Waals surface area contributed by atoms with Crippen LogP contribution in [0.25, 0.3) is 0 Å². The zero-order chi connectivity index (χ0) is 16.1. The van der Waals surface area contributed by atoms with Crippen LogP contribution in [0.3, 0.4) is 0 Å². The fourth-order valence-corrected chi connectivity index (χ4v) is 4.23. The van der Waals surface area contributed by atoms with Crippen LogP contribution in [-0.4, -0.2) is 20.5 Å². The van der Waals surface area contributed by atoms with Crippen molar-refractivity contribution in [1.82, 2.24) is 10.0 Å². The highest BCUT2D eigenvalue weighted by molar-refractivity contribution is 7.89. The van der Waals surface area contributed by atoms with Crippen molar-refractivity contribution in [2.45, 2.75) is 64.4 Å². The van der Waals surface area contributed by atoms with Gasteiger partial charge in [0, 0.05) is 12.1 Å². The average Bonchev–Trinajstić information content (AvgIpc) is 2.35. The molecule has 0 heterocycles. The van der Waals surface area contributed by atoms with Gasteiger partial charge in [-0.05, 0) is 50.9 Å². The lowest BCUT2D eigenvalue weighted by atomic mass is 10.0. The van der Waals surface area contributed by atoms with Gasteiger partial charge in [-0.25, -0.2) is 13.1 Å². The van der Waals surface area contributed by atoms with Crippen molar-refractivity contribution in [2.75, 3.05) is 6.54 Å². The van der Waals surface area contributed by atoms with E-state index >= 15 is 0 Å². The van der Waals surface area contributed by atoms with Crippen LogP contribution in [0, 0.1) is 6.92 Å². The Morgan fingerprint density at radius 1 is 1.19 bits per heavy atom. The third-order valence-electron chi connectivity index (χ3n) is 3.54. The van der Waals surface area contributed by atoms with Gasteiger partial charge in [0.1, 0.15) is 0 Å². The van der Waals surface area contributed by atoms with Gasteiger partial charge in [0.25, 0.3) is 0 Å². The first-order valence-corrected chi connectivity index (χ1v) is 9.05. The highest BCUT2D eigenvalue weighted by Gasteiger charge is 2.26. The third kappa shape index (κ3) is 5.09. The van der Waals surface area contributed by atoms with Crippen LogP contribution in [0.4, 0.5) is 0 Å². The minimum Gasteiger partial charge on any atom is -0.313 e. The van der Waals surface area contributed by atoms with E-state index in [1.165, 1.54) is 0 Å². The monoisotopic (exact) mass is 312 g/mol. The van der Waals surface area contributed by atoms with E-state index < -0.39 is 15.6 Å². The van der Waals surface area contributed by atoms with Crippen molar-refractivity contribution >= 4 is 10.0 Å². The van der Waals surface area contributed by atoms with Crippen LogP contribution in [-0.2, 0) is 16.6 Å². The van der Waals surface area contributed by atoms with Crippen LogP contribution in [0.5, 0.6) is 0 Å². The topological polar surface area (TPSA) is 58.2 Å². The summed E-state index contributed by atoms with van der Waals surface area (Å²) in [6.07, 6.45) is 1.75. The van der Waals surface area contributed by atoms with Gasteiger partial charge in [0.15, 0.2) is 0 Å². The smallest absolute Gasteiger partial charge is 0.241 e. The third-order valence-corrected chi connectivity index (χ3v) is 5.38. The molecule has 21 heavy (non-hydrogen) atoms. The number of rotatable bonds is 8. The molecule has 0 aliphatic rings. The predicted molar refractivity (Wildman–Crippen MR) is 87.9 cm³/mol. The van der Waals surface area contributed by atoms with E-state index in [2.05, 4.69) is 17.0 Å². The van der Waals surface area contributed by atoms with Crippen LogP contribution in [0.1, 0.15) is 51.7 Å². The average molecular weight is 312 g/mol. The van der Waals surface area contributed by atoms with Gasteiger partial charge < -0.3 is 5.32 Å². The Morgan fingerprint density at radius 3 is 2.43 bits per heavy atom. The molecule has 0 radical (unpaired) electrons. The Morgan fingerprint density at radius 2 is 1.86 bits per heavy atom. The fourth-order valence-electron chi connectivity index (χ4n) is 2.50. The number of hydrogen-bond acceptors (Lipinski definition) is 3. The first-order chi connectivity index (χ1) is 9.73. The molecule has 0 aliphatic carbocycles. The van der Waals surface area contributed by atoms with Crippen molar-refractivity contribution in [3.63, 3.8) is 0 Å². The maximum Gasteiger partial charge on any atom is 0.241 e. The van der Waals surface area contributed by atoms with Crippen LogP contribution in [0.2, 0.25) is 0 Å². The molecule has 2 N–H and O–H groups in total. The second-order valence-corrected chi connectivity index (χ2v) is 7.71. The summed E-state index contributed by atoms with van der Waals surface area (Å²) in [5.41, 5.74) is 1.41. The largest absolute Gasteiger partial charge is 0.313 e. The molecule has 1 aromatic carbocycles. The molecule has 0 bridgehead atoms. The van der Waals surface area contributed by atoms with Crippen molar-refractivity contribution in [3.05, 3.63) is 29.3 Å². The lowest BCUT2D eigenvalue weighted by Crippen LogP contribution is -2.43. The van der Waals surface area contributed by atoms with E-state index in [9.17, 15) is 8.42 Å². The molecule has 0 aliphatic heterocycles. The molecule has 0 atom stereocenters. The predicted octanol–water partition coefficient (Wildman–Crippen LogP) is 2.96. The van der Waals surface area contributed by atoms with E-state index in [-0.39, 0.29) is 0 Å².